The van der Waals surface area contributed by atoms with Crippen LogP contribution in [-0.2, 0) is 13.0 Å². The average Bonchev–Trinajstić information content (AvgIpc) is 3.04. The standard InChI is InChI=1S/C15H24N4OS/c1-6-8-9-19-11(4)10(3)16-15(19)21-12(5)14-18-17-13(7-2)20-14/h12H,6-9H2,1-5H3/t12-/m1/s1. The Morgan fingerprint density at radius 2 is 2.00 bits per heavy atom. The molecule has 0 fully saturated rings. The lowest BCUT2D eigenvalue weighted by Crippen LogP contribution is -2.03. The number of thioether (sulfide) groups is 1. The number of unbranched alkanes of at least 4 members (excludes halogenated alkanes) is 1. The van der Waals surface area contributed by atoms with Crippen molar-refractivity contribution in [3.05, 3.63) is 23.2 Å². The molecule has 2 heterocycles. The van der Waals surface area contributed by atoms with Crippen molar-refractivity contribution in [2.45, 2.75) is 70.8 Å². The molecule has 0 radical (unpaired) electrons. The van der Waals surface area contributed by atoms with Gasteiger partial charge in [0.15, 0.2) is 5.16 Å². The molecule has 116 valence electrons. The molecule has 2 rings (SSSR count). The topological polar surface area (TPSA) is 56.7 Å². The van der Waals surface area contributed by atoms with Crippen LogP contribution in [0.2, 0.25) is 0 Å². The van der Waals surface area contributed by atoms with Crippen LogP contribution in [0.25, 0.3) is 0 Å². The minimum atomic E-state index is 0.111. The van der Waals surface area contributed by atoms with Crippen LogP contribution < -0.4 is 0 Å². The van der Waals surface area contributed by atoms with Gasteiger partial charge in [-0.3, -0.25) is 0 Å². The Morgan fingerprint density at radius 1 is 1.24 bits per heavy atom. The third-order valence-corrected chi connectivity index (χ3v) is 4.65. The lowest BCUT2D eigenvalue weighted by Gasteiger charge is -2.11. The Balaban J connectivity index is 2.16. The summed E-state index contributed by atoms with van der Waals surface area (Å²) in [5.74, 6) is 1.37. The van der Waals surface area contributed by atoms with Crippen molar-refractivity contribution < 1.29 is 4.42 Å². The Bertz CT molecular complexity index is 591. The second kappa shape index (κ2) is 7.11. The zero-order valence-electron chi connectivity index (χ0n) is 13.5. The van der Waals surface area contributed by atoms with Crippen LogP contribution in [0.3, 0.4) is 0 Å². The minimum absolute atomic E-state index is 0.111. The number of aryl methyl sites for hydroxylation is 2. The maximum absolute atomic E-state index is 5.64. The Hall–Kier alpha value is -1.30. The molecular weight excluding hydrogens is 284 g/mol. The van der Waals surface area contributed by atoms with Crippen LogP contribution in [0.15, 0.2) is 9.57 Å². The molecule has 0 amide bonds. The summed E-state index contributed by atoms with van der Waals surface area (Å²) in [4.78, 5) is 4.69. The lowest BCUT2D eigenvalue weighted by molar-refractivity contribution is 0.455. The number of aromatic nitrogens is 4. The Morgan fingerprint density at radius 3 is 2.62 bits per heavy atom. The van der Waals surface area contributed by atoms with E-state index in [4.69, 9.17) is 9.40 Å². The van der Waals surface area contributed by atoms with E-state index in [0.717, 1.165) is 23.8 Å². The van der Waals surface area contributed by atoms with Crippen LogP contribution in [0.1, 0.15) is 62.0 Å². The molecule has 0 spiro atoms. The van der Waals surface area contributed by atoms with E-state index in [1.54, 1.807) is 11.8 Å². The second-order valence-corrected chi connectivity index (χ2v) is 6.53. The fourth-order valence-corrected chi connectivity index (χ4v) is 3.13. The van der Waals surface area contributed by atoms with Gasteiger partial charge in [-0.15, -0.1) is 10.2 Å². The summed E-state index contributed by atoms with van der Waals surface area (Å²) in [5.41, 5.74) is 2.35. The number of imidazole rings is 1. The summed E-state index contributed by atoms with van der Waals surface area (Å²) in [7, 11) is 0. The highest BCUT2D eigenvalue weighted by atomic mass is 32.2. The fraction of sp³-hybridized carbons (Fsp3) is 0.667. The van der Waals surface area contributed by atoms with Crippen molar-refractivity contribution in [1.82, 2.24) is 19.7 Å². The Labute approximate surface area is 130 Å². The number of nitrogens with zero attached hydrogens (tertiary/aromatic N) is 4. The quantitative estimate of drug-likeness (QED) is 0.721. The van der Waals surface area contributed by atoms with Gasteiger partial charge in [-0.1, -0.05) is 32.0 Å². The molecule has 0 bridgehead atoms. The molecule has 0 N–H and O–H groups in total. The van der Waals surface area contributed by atoms with Crippen molar-refractivity contribution in [3.8, 4) is 0 Å². The van der Waals surface area contributed by atoms with Gasteiger partial charge in [0.25, 0.3) is 0 Å². The summed E-state index contributed by atoms with van der Waals surface area (Å²) in [5, 5.41) is 9.32. The predicted molar refractivity (Wildman–Crippen MR) is 84.6 cm³/mol. The molecule has 0 unspecified atom stereocenters. The maximum atomic E-state index is 5.64. The fourth-order valence-electron chi connectivity index (χ4n) is 2.08. The lowest BCUT2D eigenvalue weighted by atomic mass is 10.3. The third kappa shape index (κ3) is 3.67. The van der Waals surface area contributed by atoms with Crippen LogP contribution in [0.4, 0.5) is 0 Å². The molecule has 0 saturated heterocycles. The second-order valence-electron chi connectivity index (χ2n) is 5.22. The smallest absolute Gasteiger partial charge is 0.229 e. The van der Waals surface area contributed by atoms with Crippen molar-refractivity contribution in [2.24, 2.45) is 0 Å². The van der Waals surface area contributed by atoms with Gasteiger partial charge in [0.2, 0.25) is 11.8 Å². The summed E-state index contributed by atoms with van der Waals surface area (Å²) >= 11 is 1.69. The average molecular weight is 308 g/mol. The molecular formula is C15H24N4OS. The van der Waals surface area contributed by atoms with Gasteiger partial charge in [0.05, 0.1) is 10.9 Å². The largest absolute Gasteiger partial charge is 0.424 e. The molecule has 0 aliphatic carbocycles. The predicted octanol–water partition coefficient (Wildman–Crippen LogP) is 4.10. The first-order valence-electron chi connectivity index (χ1n) is 7.59. The Kier molecular flexibility index (Phi) is 5.45. The molecule has 1 atom stereocenters. The van der Waals surface area contributed by atoms with Gasteiger partial charge < -0.3 is 8.98 Å². The minimum Gasteiger partial charge on any atom is -0.424 e. The first-order chi connectivity index (χ1) is 10.1. The van der Waals surface area contributed by atoms with Crippen LogP contribution in [0.5, 0.6) is 0 Å². The van der Waals surface area contributed by atoms with Gasteiger partial charge in [-0.2, -0.15) is 0 Å². The van der Waals surface area contributed by atoms with Crippen molar-refractivity contribution in [2.75, 3.05) is 0 Å². The highest BCUT2D eigenvalue weighted by Gasteiger charge is 2.19. The number of hydrogen-bond acceptors (Lipinski definition) is 5. The molecule has 5 nitrogen and oxygen atoms in total. The molecule has 0 aliphatic rings. The first-order valence-corrected chi connectivity index (χ1v) is 8.47. The van der Waals surface area contributed by atoms with E-state index in [1.807, 2.05) is 6.92 Å². The van der Waals surface area contributed by atoms with E-state index >= 15 is 0 Å². The van der Waals surface area contributed by atoms with E-state index in [0.29, 0.717) is 11.8 Å². The van der Waals surface area contributed by atoms with Gasteiger partial charge in [-0.25, -0.2) is 4.98 Å². The highest BCUT2D eigenvalue weighted by molar-refractivity contribution is 7.99. The van der Waals surface area contributed by atoms with E-state index in [-0.39, 0.29) is 5.25 Å². The molecule has 6 heteroatoms. The molecule has 0 saturated carbocycles. The van der Waals surface area contributed by atoms with E-state index < -0.39 is 0 Å². The number of rotatable bonds is 7. The van der Waals surface area contributed by atoms with Crippen molar-refractivity contribution in [1.29, 1.82) is 0 Å². The highest BCUT2D eigenvalue weighted by Crippen LogP contribution is 2.34. The zero-order chi connectivity index (χ0) is 15.4. The summed E-state index contributed by atoms with van der Waals surface area (Å²) < 4.78 is 7.95. The SMILES string of the molecule is CCCCn1c(S[C@H](C)c2nnc(CC)o2)nc(C)c1C. The maximum Gasteiger partial charge on any atom is 0.229 e. The summed E-state index contributed by atoms with van der Waals surface area (Å²) in [6.07, 6.45) is 3.12. The van der Waals surface area contributed by atoms with Gasteiger partial charge in [0, 0.05) is 18.7 Å². The summed E-state index contributed by atoms with van der Waals surface area (Å²) in [6, 6.07) is 0. The van der Waals surface area contributed by atoms with Crippen LogP contribution in [0, 0.1) is 13.8 Å². The number of hydrogen-bond donors (Lipinski definition) is 0. The first kappa shape index (κ1) is 16.1. The van der Waals surface area contributed by atoms with E-state index in [9.17, 15) is 0 Å². The molecule has 0 aliphatic heterocycles. The van der Waals surface area contributed by atoms with Gasteiger partial charge in [-0.05, 0) is 27.2 Å². The molecule has 0 aromatic carbocycles. The molecule has 21 heavy (non-hydrogen) atoms. The molecule has 2 aromatic heterocycles. The molecule has 2 aromatic rings. The van der Waals surface area contributed by atoms with E-state index in [1.165, 1.54) is 18.5 Å². The van der Waals surface area contributed by atoms with Crippen molar-refractivity contribution >= 4 is 11.8 Å². The van der Waals surface area contributed by atoms with Crippen LogP contribution >= 0.6 is 11.8 Å². The van der Waals surface area contributed by atoms with Crippen LogP contribution in [-0.4, -0.2) is 19.7 Å². The van der Waals surface area contributed by atoms with E-state index in [2.05, 4.69) is 42.5 Å². The van der Waals surface area contributed by atoms with Gasteiger partial charge >= 0.3 is 0 Å². The zero-order valence-corrected chi connectivity index (χ0v) is 14.3. The van der Waals surface area contributed by atoms with Crippen molar-refractivity contribution in [3.63, 3.8) is 0 Å². The normalized spacial score (nSPS) is 12.8. The summed E-state index contributed by atoms with van der Waals surface area (Å²) in [6.45, 7) is 11.5. The monoisotopic (exact) mass is 308 g/mol. The third-order valence-electron chi connectivity index (χ3n) is 3.57. The van der Waals surface area contributed by atoms with Gasteiger partial charge in [0.1, 0.15) is 0 Å².